The molecular formula is C43H59N3O10S. The van der Waals surface area contributed by atoms with Gasteiger partial charge in [-0.2, -0.15) is 11.8 Å². The highest BCUT2D eigenvalue weighted by Gasteiger charge is 2.42. The predicted molar refractivity (Wildman–Crippen MR) is 219 cm³/mol. The summed E-state index contributed by atoms with van der Waals surface area (Å²) in [6.07, 6.45) is 3.21. The van der Waals surface area contributed by atoms with Gasteiger partial charge in [-0.05, 0) is 60.2 Å². The number of hydrogen-bond acceptors (Lipinski definition) is 11. The second kappa shape index (κ2) is 24.1. The highest BCUT2D eigenvalue weighted by molar-refractivity contribution is 8.00. The number of benzene rings is 3. The monoisotopic (exact) mass is 809 g/mol. The van der Waals surface area contributed by atoms with Crippen molar-refractivity contribution in [3.63, 3.8) is 0 Å². The summed E-state index contributed by atoms with van der Waals surface area (Å²) in [7, 11) is 3.27. The first-order chi connectivity index (χ1) is 27.9. The summed E-state index contributed by atoms with van der Waals surface area (Å²) in [5, 5.41) is 20.3. The van der Waals surface area contributed by atoms with Crippen LogP contribution in [0.15, 0.2) is 78.9 Å². The summed E-state index contributed by atoms with van der Waals surface area (Å²) in [5.41, 5.74) is 1.65. The number of hydrogen-bond donors (Lipinski definition) is 4. The second-order valence-corrected chi connectivity index (χ2v) is 15.2. The van der Waals surface area contributed by atoms with Crippen LogP contribution in [-0.2, 0) is 34.1 Å². The number of rotatable bonds is 28. The molecule has 0 unspecified atom stereocenters. The molecule has 57 heavy (non-hydrogen) atoms. The number of ether oxygens (including phenoxy) is 7. The quantitative estimate of drug-likeness (QED) is 0.0460. The van der Waals surface area contributed by atoms with Gasteiger partial charge in [0, 0.05) is 30.6 Å². The molecule has 312 valence electrons. The van der Waals surface area contributed by atoms with Gasteiger partial charge >= 0.3 is 6.03 Å². The van der Waals surface area contributed by atoms with Crippen molar-refractivity contribution in [1.29, 1.82) is 0 Å². The van der Waals surface area contributed by atoms with Crippen LogP contribution < -0.4 is 25.4 Å². The number of unbranched alkanes of at least 4 members (excludes halogenated alkanes) is 1. The molecule has 0 bridgehead atoms. The van der Waals surface area contributed by atoms with E-state index in [9.17, 15) is 14.7 Å². The van der Waals surface area contributed by atoms with Crippen molar-refractivity contribution in [2.24, 2.45) is 0 Å². The molecule has 3 aromatic rings. The van der Waals surface area contributed by atoms with Crippen LogP contribution in [0.25, 0.3) is 0 Å². The van der Waals surface area contributed by atoms with Gasteiger partial charge in [0.15, 0.2) is 0 Å². The van der Waals surface area contributed by atoms with Crippen LogP contribution in [0.5, 0.6) is 11.5 Å². The number of amides is 3. The zero-order chi connectivity index (χ0) is 40.1. The van der Waals surface area contributed by atoms with Crippen LogP contribution >= 0.6 is 11.8 Å². The molecular weight excluding hydrogens is 751 g/mol. The number of fused-ring (bicyclic) bond motifs is 1. The van der Waals surface area contributed by atoms with E-state index < -0.39 is 11.7 Å². The third-order valence-corrected chi connectivity index (χ3v) is 11.5. The third kappa shape index (κ3) is 13.6. The molecule has 2 aliphatic rings. The van der Waals surface area contributed by atoms with E-state index in [0.717, 1.165) is 59.6 Å². The van der Waals surface area contributed by atoms with Crippen LogP contribution in [0.2, 0.25) is 0 Å². The topological polar surface area (TPSA) is 155 Å². The van der Waals surface area contributed by atoms with E-state index in [-0.39, 0.29) is 37.2 Å². The van der Waals surface area contributed by atoms with Gasteiger partial charge in [0.2, 0.25) is 5.91 Å². The highest BCUT2D eigenvalue weighted by Crippen LogP contribution is 2.42. The van der Waals surface area contributed by atoms with Gasteiger partial charge in [0.1, 0.15) is 23.2 Å². The van der Waals surface area contributed by atoms with Gasteiger partial charge in [-0.3, -0.25) is 4.79 Å². The summed E-state index contributed by atoms with van der Waals surface area (Å²) < 4.78 is 40.1. The molecule has 2 aliphatic heterocycles. The van der Waals surface area contributed by atoms with E-state index in [1.807, 2.05) is 90.6 Å². The molecule has 0 aliphatic carbocycles. The van der Waals surface area contributed by atoms with Crippen molar-refractivity contribution in [2.45, 2.75) is 61.1 Å². The Labute approximate surface area is 340 Å². The molecule has 2 fully saturated rings. The lowest BCUT2D eigenvalue weighted by atomic mass is 9.80. The van der Waals surface area contributed by atoms with Crippen molar-refractivity contribution >= 4 is 23.7 Å². The molecule has 0 radical (unpaired) electrons. The van der Waals surface area contributed by atoms with Gasteiger partial charge in [-0.1, -0.05) is 61.0 Å². The molecule has 0 saturated carbocycles. The maximum atomic E-state index is 12.2. The van der Waals surface area contributed by atoms with Crippen LogP contribution in [0, 0.1) is 0 Å². The lowest BCUT2D eigenvalue weighted by Crippen LogP contribution is -2.36. The largest absolute Gasteiger partial charge is 0.497 e. The minimum Gasteiger partial charge on any atom is -0.497 e. The number of methoxy groups -OCH3 is 2. The lowest BCUT2D eigenvalue weighted by Gasteiger charge is -2.36. The van der Waals surface area contributed by atoms with Crippen molar-refractivity contribution in [3.8, 4) is 11.5 Å². The average Bonchev–Trinajstić information content (AvgIpc) is 3.80. The minimum atomic E-state index is -1.02. The highest BCUT2D eigenvalue weighted by atomic mass is 32.2. The maximum Gasteiger partial charge on any atom is 0.315 e. The van der Waals surface area contributed by atoms with Crippen LogP contribution in [0.4, 0.5) is 4.79 Å². The number of aliphatic hydroxyl groups excluding tert-OH is 1. The molecule has 2 heterocycles. The Morgan fingerprint density at radius 1 is 0.754 bits per heavy atom. The summed E-state index contributed by atoms with van der Waals surface area (Å²) in [6.45, 7) is 3.68. The van der Waals surface area contributed by atoms with Gasteiger partial charge in [-0.25, -0.2) is 4.79 Å². The zero-order valence-electron chi connectivity index (χ0n) is 33.2. The van der Waals surface area contributed by atoms with Crippen molar-refractivity contribution in [2.75, 3.05) is 86.0 Å². The molecule has 0 spiro atoms. The average molecular weight is 810 g/mol. The molecule has 2 saturated heterocycles. The molecule has 5 rings (SSSR count). The van der Waals surface area contributed by atoms with E-state index in [1.54, 1.807) is 14.2 Å². The SMILES string of the molecule is COc1ccc(C(OC[C@H](O)COCCOCCOCCOCCCNC(=O)CCCC[C@@H]2SC[C@@H]3NC(=O)N[C@@H]32)(c2ccccc2)c2ccc(OC)cc2)cc1. The Kier molecular flexibility index (Phi) is 18.7. The number of aliphatic hydroxyl groups is 1. The van der Waals surface area contributed by atoms with E-state index in [2.05, 4.69) is 16.0 Å². The van der Waals surface area contributed by atoms with Crippen LogP contribution in [0.3, 0.4) is 0 Å². The van der Waals surface area contributed by atoms with E-state index in [0.29, 0.717) is 64.5 Å². The fourth-order valence-electron chi connectivity index (χ4n) is 6.99. The van der Waals surface area contributed by atoms with E-state index in [4.69, 9.17) is 33.2 Å². The third-order valence-electron chi connectivity index (χ3n) is 9.96. The van der Waals surface area contributed by atoms with Gasteiger partial charge in [0.25, 0.3) is 0 Å². The molecule has 4 atom stereocenters. The van der Waals surface area contributed by atoms with Gasteiger partial charge in [-0.15, -0.1) is 0 Å². The first-order valence-electron chi connectivity index (χ1n) is 19.9. The number of carbonyl (C=O) groups is 2. The Balaban J connectivity index is 0.886. The Morgan fingerprint density at radius 2 is 1.33 bits per heavy atom. The maximum absolute atomic E-state index is 12.2. The minimum absolute atomic E-state index is 0.0156. The number of urea groups is 1. The smallest absolute Gasteiger partial charge is 0.315 e. The molecule has 14 heteroatoms. The van der Waals surface area contributed by atoms with Gasteiger partial charge in [0.05, 0.1) is 79.2 Å². The van der Waals surface area contributed by atoms with E-state index >= 15 is 0 Å². The molecule has 3 aromatic carbocycles. The molecule has 0 aromatic heterocycles. The Morgan fingerprint density at radius 3 is 1.95 bits per heavy atom. The number of carbonyl (C=O) groups excluding carboxylic acids is 2. The van der Waals surface area contributed by atoms with Crippen molar-refractivity contribution in [3.05, 3.63) is 95.6 Å². The summed E-state index contributed by atoms with van der Waals surface area (Å²) in [4.78, 5) is 23.7. The molecule has 3 amide bonds. The standard InChI is InChI=1S/C43H59N3O10S/c1-50-36-17-13-33(14-18-36)43(32-9-4-3-5-10-32,34-15-19-37(51-2)20-16-34)56-30-35(47)29-55-28-27-54-26-25-53-24-23-52-22-8-21-44-40(48)12-7-6-11-39-41-38(31-57-39)45-42(49)46-41/h3-5,9-10,13-20,35,38-39,41,47H,6-8,11-12,21-31H2,1-2H3,(H,44,48)(H2,45,46,49)/t35-,38+,39+,41+/m1/s1. The zero-order valence-corrected chi connectivity index (χ0v) is 34.0. The van der Waals surface area contributed by atoms with Gasteiger partial charge < -0.3 is 54.2 Å². The fraction of sp³-hybridized carbons (Fsp3) is 0.535. The summed E-state index contributed by atoms with van der Waals surface area (Å²) in [5.74, 6) is 2.49. The first-order valence-corrected chi connectivity index (χ1v) is 20.9. The predicted octanol–water partition coefficient (Wildman–Crippen LogP) is 4.67. The first kappa shape index (κ1) is 44.2. The number of thioether (sulfide) groups is 1. The van der Waals surface area contributed by atoms with Crippen molar-refractivity contribution < 1.29 is 47.9 Å². The van der Waals surface area contributed by atoms with E-state index in [1.165, 1.54) is 0 Å². The van der Waals surface area contributed by atoms with Crippen LogP contribution in [0.1, 0.15) is 48.8 Å². The molecule has 4 N–H and O–H groups in total. The van der Waals surface area contributed by atoms with Crippen LogP contribution in [-0.4, -0.2) is 126 Å². The Bertz CT molecular complexity index is 1550. The Hall–Kier alpha value is -3.89. The van der Waals surface area contributed by atoms with Crippen molar-refractivity contribution in [1.82, 2.24) is 16.0 Å². The lowest BCUT2D eigenvalue weighted by molar-refractivity contribution is -0.121. The second-order valence-electron chi connectivity index (χ2n) is 14.0. The summed E-state index contributed by atoms with van der Waals surface area (Å²) >= 11 is 1.90. The number of nitrogens with one attached hydrogen (secondary N) is 3. The fourth-order valence-corrected chi connectivity index (χ4v) is 8.53. The molecule has 13 nitrogen and oxygen atoms in total. The normalized spacial score (nSPS) is 18.1. The summed E-state index contributed by atoms with van der Waals surface area (Å²) in [6, 6.07) is 25.8.